The van der Waals surface area contributed by atoms with Gasteiger partial charge in [-0.25, -0.2) is 0 Å². The van der Waals surface area contributed by atoms with Gasteiger partial charge in [0.2, 0.25) is 19.2 Å². The van der Waals surface area contributed by atoms with Gasteiger partial charge in [0, 0.05) is 29.8 Å². The molecule has 2 atom stereocenters. The summed E-state index contributed by atoms with van der Waals surface area (Å²) < 4.78 is 0. The van der Waals surface area contributed by atoms with Crippen LogP contribution in [0.1, 0.15) is 147 Å². The molecule has 70 heavy (non-hydrogen) atoms. The molecule has 2 unspecified atom stereocenters. The molecule has 0 aliphatic heterocycles. The molecule has 0 bridgehead atoms. The van der Waals surface area contributed by atoms with Gasteiger partial charge in [0.05, 0.1) is 88.4 Å². The largest absolute Gasteiger partial charge is 0.395 e. The maximum Gasteiger partial charge on any atom is 0.252 e. The number of rotatable bonds is 23. The number of carbonyl (C=O) groups excluding carboxylic acids is 6. The number of carbonyl (C=O) groups is 6. The van der Waals surface area contributed by atoms with Crippen LogP contribution >= 0.6 is 0 Å². The summed E-state index contributed by atoms with van der Waals surface area (Å²) >= 11 is 0. The molecule has 408 valence electrons. The van der Waals surface area contributed by atoms with Crippen molar-refractivity contribution in [2.45, 2.75) is 149 Å². The van der Waals surface area contributed by atoms with E-state index in [4.69, 9.17) is 10.2 Å². The maximum absolute atomic E-state index is 13.4. The number of anilines is 2. The van der Waals surface area contributed by atoms with Crippen molar-refractivity contribution in [3.63, 3.8) is 0 Å². The van der Waals surface area contributed by atoms with Crippen molar-refractivity contribution in [1.29, 1.82) is 0 Å². The highest BCUT2D eigenvalue weighted by atomic mass is 16.3. The Labute approximate surface area is 418 Å². The second-order valence-electron chi connectivity index (χ2n) is 13.7. The topological polar surface area (TPSA) is 319 Å². The molecule has 0 aliphatic carbocycles. The Hall–Kier alpha value is -5.06. The fourth-order valence-corrected chi connectivity index (χ4v) is 6.62. The first kappa shape index (κ1) is 76.4. The first-order valence-corrected chi connectivity index (χ1v) is 23.7. The molecule has 2 aromatic carbocycles. The molecular weight excluding hydrogens is 909 g/mol. The molecule has 0 saturated carbocycles. The van der Waals surface area contributed by atoms with Crippen molar-refractivity contribution >= 4 is 48.3 Å². The molecule has 2 rings (SSSR count). The lowest BCUT2D eigenvalue weighted by molar-refractivity contribution is -0.111. The third kappa shape index (κ3) is 23.2. The van der Waals surface area contributed by atoms with Crippen LogP contribution in [0.3, 0.4) is 0 Å². The van der Waals surface area contributed by atoms with Gasteiger partial charge >= 0.3 is 0 Å². The van der Waals surface area contributed by atoms with E-state index in [0.717, 1.165) is 9.80 Å². The zero-order valence-corrected chi connectivity index (χ0v) is 44.5. The van der Waals surface area contributed by atoms with Gasteiger partial charge in [-0.2, -0.15) is 0 Å². The Morgan fingerprint density at radius 1 is 0.471 bits per heavy atom. The zero-order valence-electron chi connectivity index (χ0n) is 44.5. The fraction of sp³-hybridized carbons (Fsp3) is 0.640. The number of hydrogen-bond donors (Lipinski definition) is 12. The molecule has 0 fully saturated rings. The number of amides is 6. The lowest BCUT2D eigenvalue weighted by Gasteiger charge is -2.32. The SMILES string of the molecule is C.CC.CC.CC.CC.CC.Cc1c(C)c(C(=O)NCCO)c(C)c(N(C=O)CC(O)C(O)CN(C=O)c2c(C)c(C(=O)NCCO)c(C)c(C(=O)NC(CO)CO)c2C)c1C.O=CNC(CO)CO. The van der Waals surface area contributed by atoms with E-state index in [1.807, 2.05) is 69.2 Å². The Bertz CT molecular complexity index is 1770. The van der Waals surface area contributed by atoms with Crippen LogP contribution in [0.25, 0.3) is 0 Å². The van der Waals surface area contributed by atoms with Gasteiger partial charge in [-0.15, -0.1) is 0 Å². The van der Waals surface area contributed by atoms with Crippen molar-refractivity contribution in [2.75, 3.05) is 75.6 Å². The standard InChI is InChI=1S/C35H51N5O11.C4H9NO3.5C2H6.CH4/c1-18-19(2)28(33(49)36-8-10-41)22(5)31(20(18)3)39(16-45)12-26(47)27(48)13-40(17-46)32-23(6)29(34(50)37-9-11-42)21(4)30(24(32)7)35(51)38-25(14-43)15-44;6-1-4(2-7)5-3-8;5*1-2;/h16-17,25-27,41-44,47-48H,8-15H2,1-7H3,(H,36,49)(H,37,50)(H,38,51);3-4,6-7H,1-2H2,(H,5,8);5*1-2H3;1H4. The minimum Gasteiger partial charge on any atom is -0.395 e. The third-order valence-electron chi connectivity index (χ3n) is 9.83. The van der Waals surface area contributed by atoms with Crippen LogP contribution in [-0.4, -0.2) is 168 Å². The molecule has 12 N–H and O–H groups in total. The van der Waals surface area contributed by atoms with Gasteiger partial charge in [0.1, 0.15) is 0 Å². The average Bonchev–Trinajstić information content (AvgIpc) is 3.37. The van der Waals surface area contributed by atoms with Crippen LogP contribution in [0.2, 0.25) is 0 Å². The minimum atomic E-state index is -1.67. The normalized spacial score (nSPS) is 10.4. The predicted molar refractivity (Wildman–Crippen MR) is 280 cm³/mol. The monoisotopic (exact) mass is 1000 g/mol. The van der Waals surface area contributed by atoms with Crippen molar-refractivity contribution < 1.29 is 69.6 Å². The Morgan fingerprint density at radius 3 is 1.07 bits per heavy atom. The van der Waals surface area contributed by atoms with Gasteiger partial charge in [-0.1, -0.05) is 76.7 Å². The highest BCUT2D eigenvalue weighted by Crippen LogP contribution is 2.35. The minimum absolute atomic E-state index is 0. The molecule has 0 saturated heterocycles. The van der Waals surface area contributed by atoms with Crippen molar-refractivity contribution in [3.05, 3.63) is 55.6 Å². The lowest BCUT2D eigenvalue weighted by Crippen LogP contribution is -2.45. The number of nitrogens with zero attached hydrogens (tertiary/aromatic N) is 2. The van der Waals surface area contributed by atoms with Crippen LogP contribution in [0.15, 0.2) is 0 Å². The van der Waals surface area contributed by atoms with E-state index in [9.17, 15) is 59.4 Å². The van der Waals surface area contributed by atoms with Crippen LogP contribution < -0.4 is 31.1 Å². The predicted octanol–water partition coefficient (Wildman–Crippen LogP) is 2.57. The summed E-state index contributed by atoms with van der Waals surface area (Å²) in [6.45, 7) is 28.1. The summed E-state index contributed by atoms with van der Waals surface area (Å²) in [5.41, 5.74) is 3.81. The molecule has 0 radical (unpaired) electrons. The quantitative estimate of drug-likeness (QED) is 0.0713. The van der Waals surface area contributed by atoms with Gasteiger partial charge in [0.15, 0.2) is 0 Å². The summed E-state index contributed by atoms with van der Waals surface area (Å²) in [5.74, 6) is -1.88. The number of aliphatic hydroxyl groups is 8. The molecule has 6 amide bonds. The maximum atomic E-state index is 13.4. The van der Waals surface area contributed by atoms with Crippen LogP contribution in [0, 0.1) is 48.5 Å². The smallest absolute Gasteiger partial charge is 0.252 e. The van der Waals surface area contributed by atoms with Crippen LogP contribution in [0.4, 0.5) is 11.4 Å². The number of benzene rings is 2. The molecule has 0 heterocycles. The van der Waals surface area contributed by atoms with Gasteiger partial charge < -0.3 is 71.9 Å². The number of hydrogen-bond acceptors (Lipinski definition) is 14. The summed E-state index contributed by atoms with van der Waals surface area (Å²) in [5, 5.41) is 86.3. The summed E-state index contributed by atoms with van der Waals surface area (Å²) in [4.78, 5) is 76.5. The first-order chi connectivity index (χ1) is 32.9. The summed E-state index contributed by atoms with van der Waals surface area (Å²) in [7, 11) is 0. The molecule has 2 aromatic rings. The van der Waals surface area contributed by atoms with E-state index in [0.29, 0.717) is 52.7 Å². The summed E-state index contributed by atoms with van der Waals surface area (Å²) in [6.07, 6.45) is -2.06. The van der Waals surface area contributed by atoms with E-state index in [1.54, 1.807) is 27.7 Å². The average molecular weight is 1000 g/mol. The van der Waals surface area contributed by atoms with Gasteiger partial charge in [-0.05, 0) is 87.4 Å². The summed E-state index contributed by atoms with van der Waals surface area (Å²) in [6, 6.07) is -1.53. The van der Waals surface area contributed by atoms with Crippen molar-refractivity contribution in [3.8, 4) is 0 Å². The highest BCUT2D eigenvalue weighted by Gasteiger charge is 2.31. The molecule has 20 heteroatoms. The molecule has 0 aliphatic rings. The Morgan fingerprint density at radius 2 is 0.786 bits per heavy atom. The third-order valence-corrected chi connectivity index (χ3v) is 9.83. The molecule has 20 nitrogen and oxygen atoms in total. The zero-order chi connectivity index (χ0) is 55.1. The highest BCUT2D eigenvalue weighted by molar-refractivity contribution is 6.07. The Balaban J connectivity index is -0.000000468. The van der Waals surface area contributed by atoms with Crippen molar-refractivity contribution in [1.82, 2.24) is 21.3 Å². The van der Waals surface area contributed by atoms with Gasteiger partial charge in [0.25, 0.3) is 17.7 Å². The van der Waals surface area contributed by atoms with E-state index in [1.165, 1.54) is 20.8 Å². The molecule has 0 spiro atoms. The second-order valence-corrected chi connectivity index (χ2v) is 13.7. The van der Waals surface area contributed by atoms with E-state index in [2.05, 4.69) is 21.3 Å². The number of aliphatic hydroxyl groups excluding tert-OH is 8. The first-order valence-electron chi connectivity index (χ1n) is 23.7. The van der Waals surface area contributed by atoms with Crippen molar-refractivity contribution in [2.24, 2.45) is 0 Å². The molecule has 0 aromatic heterocycles. The number of nitrogens with one attached hydrogen (secondary N) is 4. The lowest BCUT2D eigenvalue weighted by atomic mass is 9.89. The van der Waals surface area contributed by atoms with Crippen LogP contribution in [-0.2, 0) is 14.4 Å². The van der Waals surface area contributed by atoms with Gasteiger partial charge in [-0.3, -0.25) is 28.8 Å². The molecular formula is C50H94N6O14. The van der Waals surface area contributed by atoms with Crippen LogP contribution in [0.5, 0.6) is 0 Å². The fourth-order valence-electron chi connectivity index (χ4n) is 6.62. The van der Waals surface area contributed by atoms with E-state index in [-0.39, 0.29) is 80.4 Å². The second kappa shape index (κ2) is 45.1. The Kier molecular flexibility index (Phi) is 49.2. The van der Waals surface area contributed by atoms with E-state index < -0.39 is 68.3 Å². The van der Waals surface area contributed by atoms with E-state index >= 15 is 0 Å².